The Labute approximate surface area is 264 Å². The van der Waals surface area contributed by atoms with E-state index in [0.29, 0.717) is 24.2 Å². The molecular weight excluding hydrogens is 633 g/mol. The second-order valence-electron chi connectivity index (χ2n) is 11.3. The summed E-state index contributed by atoms with van der Waals surface area (Å²) >= 11 is 0. The number of alkyl halides is 6. The minimum atomic E-state index is -4.91. The molecular formula is C32H31F7N6O2. The molecule has 47 heavy (non-hydrogen) atoms. The molecule has 1 aliphatic heterocycles. The minimum Gasteiger partial charge on any atom is -0.363 e. The number of rotatable bonds is 8. The highest BCUT2D eigenvalue weighted by Gasteiger charge is 2.36. The van der Waals surface area contributed by atoms with Crippen LogP contribution in [0, 0.1) is 12.7 Å². The third kappa shape index (κ3) is 7.41. The number of aromatic nitrogens is 3. The lowest BCUT2D eigenvalue weighted by atomic mass is 10.1. The number of pyridine rings is 1. The van der Waals surface area contributed by atoms with Crippen LogP contribution in [0.2, 0.25) is 0 Å². The smallest absolute Gasteiger partial charge is 0.363 e. The van der Waals surface area contributed by atoms with E-state index < -0.39 is 58.8 Å². The number of benzene rings is 2. The van der Waals surface area contributed by atoms with Gasteiger partial charge in [0.1, 0.15) is 17.2 Å². The SMILES string of the molecule is Cc1c(N2CCN(Cc3ccnc(C(F)(F)F)c3)CC2)c(=O)n(C[C@H](N)c2ccccc2)c(=O)n1Cc1c(F)cccc1C(F)(F)F. The molecule has 0 spiro atoms. The molecule has 4 aromatic rings. The molecule has 0 saturated carbocycles. The number of halogens is 7. The fourth-order valence-electron chi connectivity index (χ4n) is 5.76. The average Bonchev–Trinajstić information content (AvgIpc) is 3.02. The molecule has 2 aromatic heterocycles. The Morgan fingerprint density at radius 2 is 1.53 bits per heavy atom. The van der Waals surface area contributed by atoms with Crippen molar-refractivity contribution >= 4 is 5.69 Å². The number of anilines is 1. The lowest BCUT2D eigenvalue weighted by Gasteiger charge is -2.37. The van der Waals surface area contributed by atoms with E-state index >= 15 is 0 Å². The fraction of sp³-hybridized carbons (Fsp3) is 0.344. The van der Waals surface area contributed by atoms with E-state index in [1.165, 1.54) is 13.0 Å². The monoisotopic (exact) mass is 664 g/mol. The van der Waals surface area contributed by atoms with Crippen LogP contribution < -0.4 is 21.9 Å². The summed E-state index contributed by atoms with van der Waals surface area (Å²) in [6.45, 7) is 1.55. The highest BCUT2D eigenvalue weighted by atomic mass is 19.4. The first-order valence-electron chi connectivity index (χ1n) is 14.6. The topological polar surface area (TPSA) is 89.4 Å². The van der Waals surface area contributed by atoms with Crippen molar-refractivity contribution in [3.05, 3.63) is 127 Å². The average molecular weight is 665 g/mol. The number of hydrogen-bond donors (Lipinski definition) is 1. The van der Waals surface area contributed by atoms with Crippen molar-refractivity contribution in [1.29, 1.82) is 0 Å². The van der Waals surface area contributed by atoms with Gasteiger partial charge in [0.25, 0.3) is 5.56 Å². The molecule has 1 atom stereocenters. The Balaban J connectivity index is 1.51. The molecule has 0 unspecified atom stereocenters. The Hall–Kier alpha value is -4.50. The van der Waals surface area contributed by atoms with Crippen molar-refractivity contribution in [3.63, 3.8) is 0 Å². The Morgan fingerprint density at radius 1 is 0.851 bits per heavy atom. The van der Waals surface area contributed by atoms with Gasteiger partial charge in [0.05, 0.1) is 18.7 Å². The Morgan fingerprint density at radius 3 is 2.17 bits per heavy atom. The number of hydrogen-bond acceptors (Lipinski definition) is 6. The first kappa shape index (κ1) is 33.9. The van der Waals surface area contributed by atoms with Crippen LogP contribution in [0.3, 0.4) is 0 Å². The van der Waals surface area contributed by atoms with Crippen LogP contribution in [-0.2, 0) is 32.0 Å². The molecule has 1 fully saturated rings. The van der Waals surface area contributed by atoms with Crippen molar-refractivity contribution in [3.8, 4) is 0 Å². The maximum Gasteiger partial charge on any atom is 0.433 e. The van der Waals surface area contributed by atoms with Gasteiger partial charge in [0.15, 0.2) is 0 Å². The van der Waals surface area contributed by atoms with Gasteiger partial charge in [-0.05, 0) is 42.3 Å². The number of nitrogens with two attached hydrogens (primary N) is 1. The molecule has 2 aromatic carbocycles. The quantitative estimate of drug-likeness (QED) is 0.268. The van der Waals surface area contributed by atoms with Crippen molar-refractivity contribution in [2.24, 2.45) is 5.73 Å². The predicted molar refractivity (Wildman–Crippen MR) is 160 cm³/mol. The van der Waals surface area contributed by atoms with Gasteiger partial charge < -0.3 is 10.6 Å². The van der Waals surface area contributed by atoms with Crippen molar-refractivity contribution in [1.82, 2.24) is 19.0 Å². The maximum atomic E-state index is 14.9. The number of nitrogens with zero attached hydrogens (tertiary/aromatic N) is 5. The van der Waals surface area contributed by atoms with Gasteiger partial charge in [0, 0.05) is 56.2 Å². The molecule has 3 heterocycles. The zero-order valence-electron chi connectivity index (χ0n) is 25.2. The summed E-state index contributed by atoms with van der Waals surface area (Å²) in [5, 5.41) is 0. The molecule has 0 amide bonds. The molecule has 1 aliphatic rings. The third-order valence-corrected chi connectivity index (χ3v) is 8.21. The highest BCUT2D eigenvalue weighted by molar-refractivity contribution is 5.50. The van der Waals surface area contributed by atoms with Crippen LogP contribution in [0.5, 0.6) is 0 Å². The lowest BCUT2D eigenvalue weighted by molar-refractivity contribution is -0.141. The van der Waals surface area contributed by atoms with Crippen LogP contribution in [0.15, 0.2) is 76.4 Å². The second kappa shape index (κ2) is 13.3. The van der Waals surface area contributed by atoms with Crippen LogP contribution in [0.4, 0.5) is 36.4 Å². The lowest BCUT2D eigenvalue weighted by Crippen LogP contribution is -2.51. The van der Waals surface area contributed by atoms with Gasteiger partial charge in [-0.1, -0.05) is 36.4 Å². The van der Waals surface area contributed by atoms with Crippen molar-refractivity contribution in [2.75, 3.05) is 31.1 Å². The molecule has 15 heteroatoms. The Bertz CT molecular complexity index is 1850. The van der Waals surface area contributed by atoms with E-state index in [2.05, 4.69) is 4.98 Å². The van der Waals surface area contributed by atoms with Crippen LogP contribution >= 0.6 is 0 Å². The Kier molecular flexibility index (Phi) is 9.59. The third-order valence-electron chi connectivity index (χ3n) is 8.21. The largest absolute Gasteiger partial charge is 0.433 e. The van der Waals surface area contributed by atoms with Crippen LogP contribution in [0.25, 0.3) is 0 Å². The predicted octanol–water partition coefficient (Wildman–Crippen LogP) is 4.96. The van der Waals surface area contributed by atoms with E-state index in [0.717, 1.165) is 39.6 Å². The normalized spacial score (nSPS) is 15.2. The summed E-state index contributed by atoms with van der Waals surface area (Å²) in [6, 6.07) is 12.8. The molecule has 2 N–H and O–H groups in total. The maximum absolute atomic E-state index is 14.9. The summed E-state index contributed by atoms with van der Waals surface area (Å²) < 4.78 is 97.8. The first-order valence-corrected chi connectivity index (χ1v) is 14.6. The van der Waals surface area contributed by atoms with Gasteiger partial charge in [-0.3, -0.25) is 23.8 Å². The van der Waals surface area contributed by atoms with Crippen LogP contribution in [-0.4, -0.2) is 45.2 Å². The molecule has 0 bridgehead atoms. The van der Waals surface area contributed by atoms with E-state index in [1.54, 1.807) is 35.2 Å². The van der Waals surface area contributed by atoms with Gasteiger partial charge in [-0.25, -0.2) is 9.18 Å². The van der Waals surface area contributed by atoms with E-state index in [9.17, 15) is 40.3 Å². The summed E-state index contributed by atoms with van der Waals surface area (Å²) in [5.41, 5.74) is 2.77. The molecule has 1 saturated heterocycles. The second-order valence-corrected chi connectivity index (χ2v) is 11.3. The summed E-state index contributed by atoms with van der Waals surface area (Å²) in [7, 11) is 0. The zero-order chi connectivity index (χ0) is 34.1. The van der Waals surface area contributed by atoms with E-state index in [-0.39, 0.29) is 37.6 Å². The summed E-state index contributed by atoms with van der Waals surface area (Å²) in [6.07, 6.45) is -8.42. The molecule has 250 valence electrons. The molecule has 0 radical (unpaired) electrons. The van der Waals surface area contributed by atoms with Crippen molar-refractivity contribution in [2.45, 2.75) is 45.0 Å². The van der Waals surface area contributed by atoms with Gasteiger partial charge in [-0.15, -0.1) is 0 Å². The van der Waals surface area contributed by atoms with Gasteiger partial charge in [0.2, 0.25) is 0 Å². The standard InChI is InChI=1S/C32H31F7N6O2/c1-20-28(43-14-12-42(13-15-43)17-21-10-11-41-27(16-21)32(37,38)39)29(46)45(19-26(40)22-6-3-2-4-7-22)30(47)44(20)18-23-24(31(34,35)36)8-5-9-25(23)33/h2-11,16,26H,12-15,17-19,40H2,1H3/t26-/m0/s1. The van der Waals surface area contributed by atoms with Gasteiger partial charge >= 0.3 is 18.0 Å². The number of piperazine rings is 1. The summed E-state index contributed by atoms with van der Waals surface area (Å²) in [4.78, 5) is 34.7. The molecule has 8 nitrogen and oxygen atoms in total. The fourth-order valence-corrected chi connectivity index (χ4v) is 5.76. The minimum absolute atomic E-state index is 0.0395. The van der Waals surface area contributed by atoms with Crippen molar-refractivity contribution < 1.29 is 30.7 Å². The molecule has 0 aliphatic carbocycles. The highest BCUT2D eigenvalue weighted by Crippen LogP contribution is 2.34. The first-order chi connectivity index (χ1) is 22.1. The van der Waals surface area contributed by atoms with E-state index in [1.807, 2.05) is 4.90 Å². The van der Waals surface area contributed by atoms with E-state index in [4.69, 9.17) is 5.73 Å². The summed E-state index contributed by atoms with van der Waals surface area (Å²) in [5.74, 6) is -1.16. The molecule has 5 rings (SSSR count). The van der Waals surface area contributed by atoms with Gasteiger partial charge in [-0.2, -0.15) is 26.3 Å². The van der Waals surface area contributed by atoms with Crippen LogP contribution in [0.1, 0.15) is 39.7 Å². The zero-order valence-corrected chi connectivity index (χ0v) is 25.2.